The lowest BCUT2D eigenvalue weighted by Gasteiger charge is -2.05. The number of carbonyl (C=O) groups excluding carboxylic acids is 2. The van der Waals surface area contributed by atoms with Gasteiger partial charge in [0.15, 0.2) is 0 Å². The Morgan fingerprint density at radius 1 is 1.20 bits per heavy atom. The lowest BCUT2D eigenvalue weighted by Crippen LogP contribution is -2.13. The van der Waals surface area contributed by atoms with E-state index in [1.165, 1.54) is 23.5 Å². The second-order valence-electron chi connectivity index (χ2n) is 5.60. The second-order valence-corrected chi connectivity index (χ2v) is 6.68. The first kappa shape index (κ1) is 15.3. The highest BCUT2D eigenvalue weighted by Crippen LogP contribution is 2.29. The average Bonchev–Trinajstić information content (AvgIpc) is 3.18. The van der Waals surface area contributed by atoms with Crippen LogP contribution in [0, 0.1) is 10.1 Å². The third-order valence-electron chi connectivity index (χ3n) is 3.99. The Morgan fingerprint density at radius 3 is 2.84 bits per heavy atom. The number of nitro groups is 1. The molecule has 0 saturated carbocycles. The molecule has 0 spiro atoms. The van der Waals surface area contributed by atoms with Crippen molar-refractivity contribution in [1.29, 1.82) is 0 Å². The van der Waals surface area contributed by atoms with Crippen LogP contribution in [0.4, 0.5) is 11.4 Å². The summed E-state index contributed by atoms with van der Waals surface area (Å²) in [4.78, 5) is 35.0. The summed E-state index contributed by atoms with van der Waals surface area (Å²) in [6.45, 7) is 0.498. The molecule has 0 bridgehead atoms. The molecule has 0 saturated heterocycles. The largest absolute Gasteiger partial charge is 0.348 e. The van der Waals surface area contributed by atoms with Gasteiger partial charge in [0.25, 0.3) is 17.5 Å². The summed E-state index contributed by atoms with van der Waals surface area (Å²) in [6.07, 6.45) is 0. The van der Waals surface area contributed by atoms with E-state index in [-0.39, 0.29) is 17.5 Å². The second kappa shape index (κ2) is 5.67. The Bertz CT molecular complexity index is 1060. The number of nitro benzene ring substituents is 1. The number of hydrogen-bond donors (Lipinski definition) is 2. The Balaban J connectivity index is 1.61. The number of amides is 2. The van der Waals surface area contributed by atoms with Gasteiger partial charge in [-0.1, -0.05) is 6.07 Å². The fraction of sp³-hybridized carbons (Fsp3) is 0.0588. The number of nitrogens with zero attached hydrogens (tertiary/aromatic N) is 1. The van der Waals surface area contributed by atoms with Gasteiger partial charge in [0.2, 0.25) is 0 Å². The van der Waals surface area contributed by atoms with Crippen molar-refractivity contribution in [1.82, 2.24) is 5.32 Å². The molecule has 2 N–H and O–H groups in total. The highest BCUT2D eigenvalue weighted by Gasteiger charge is 2.20. The van der Waals surface area contributed by atoms with Crippen LogP contribution in [0.25, 0.3) is 10.1 Å². The lowest BCUT2D eigenvalue weighted by atomic mass is 10.1. The molecule has 2 aromatic carbocycles. The van der Waals surface area contributed by atoms with Gasteiger partial charge in [-0.15, -0.1) is 11.3 Å². The summed E-state index contributed by atoms with van der Waals surface area (Å²) in [5, 5.41) is 17.0. The highest BCUT2D eigenvalue weighted by molar-refractivity contribution is 7.20. The van der Waals surface area contributed by atoms with Crippen molar-refractivity contribution >= 4 is 44.6 Å². The number of anilines is 1. The molecule has 1 aliphatic rings. The number of nitrogens with one attached hydrogen (secondary N) is 2. The van der Waals surface area contributed by atoms with Gasteiger partial charge >= 0.3 is 0 Å². The molecule has 0 atom stereocenters. The third-order valence-corrected chi connectivity index (χ3v) is 5.10. The van der Waals surface area contributed by atoms with Gasteiger partial charge in [0, 0.05) is 40.0 Å². The number of thiophene rings is 1. The number of carbonyl (C=O) groups is 2. The molecule has 2 amide bonds. The summed E-state index contributed by atoms with van der Waals surface area (Å²) in [5.41, 5.74) is 1.98. The van der Waals surface area contributed by atoms with Gasteiger partial charge < -0.3 is 10.6 Å². The van der Waals surface area contributed by atoms with Crippen molar-refractivity contribution in [3.05, 3.63) is 68.6 Å². The minimum Gasteiger partial charge on any atom is -0.348 e. The number of non-ortho nitro benzene ring substituents is 1. The molecule has 0 aliphatic carbocycles. The van der Waals surface area contributed by atoms with Crippen LogP contribution >= 0.6 is 11.3 Å². The minimum atomic E-state index is -0.466. The first-order chi connectivity index (χ1) is 12.0. The summed E-state index contributed by atoms with van der Waals surface area (Å²) >= 11 is 1.26. The molecule has 8 heteroatoms. The van der Waals surface area contributed by atoms with Gasteiger partial charge in [-0.25, -0.2) is 0 Å². The molecule has 3 aromatic rings. The van der Waals surface area contributed by atoms with Crippen molar-refractivity contribution < 1.29 is 14.5 Å². The quantitative estimate of drug-likeness (QED) is 0.557. The van der Waals surface area contributed by atoms with Gasteiger partial charge in [-0.3, -0.25) is 19.7 Å². The van der Waals surface area contributed by atoms with Crippen LogP contribution in [0.2, 0.25) is 0 Å². The molecule has 0 unspecified atom stereocenters. The van der Waals surface area contributed by atoms with Crippen LogP contribution in [0.5, 0.6) is 0 Å². The summed E-state index contributed by atoms with van der Waals surface area (Å²) in [7, 11) is 0. The van der Waals surface area contributed by atoms with Crippen molar-refractivity contribution in [3.63, 3.8) is 0 Å². The van der Waals surface area contributed by atoms with E-state index in [9.17, 15) is 19.7 Å². The van der Waals surface area contributed by atoms with Gasteiger partial charge in [0.05, 0.1) is 9.80 Å². The van der Waals surface area contributed by atoms with E-state index in [4.69, 9.17) is 0 Å². The van der Waals surface area contributed by atoms with Crippen molar-refractivity contribution in [2.75, 3.05) is 5.32 Å². The number of hydrogen-bond acceptors (Lipinski definition) is 5. The van der Waals surface area contributed by atoms with Gasteiger partial charge in [0.1, 0.15) is 0 Å². The first-order valence-electron chi connectivity index (χ1n) is 7.42. The standard InChI is InChI=1S/C17H11N3O4S/c21-16-13-7-11(2-1-9(13)8-18-16)19-17(22)15-6-10-5-12(20(23)24)3-4-14(10)25-15/h1-7H,8H2,(H,18,21)(H,19,22). The van der Waals surface area contributed by atoms with Crippen molar-refractivity contribution in [2.24, 2.45) is 0 Å². The molecule has 0 radical (unpaired) electrons. The monoisotopic (exact) mass is 353 g/mol. The number of rotatable bonds is 3. The zero-order valence-corrected chi connectivity index (χ0v) is 13.6. The molecule has 25 heavy (non-hydrogen) atoms. The maximum atomic E-state index is 12.4. The number of fused-ring (bicyclic) bond motifs is 2. The number of benzene rings is 2. The average molecular weight is 353 g/mol. The predicted octanol–water partition coefficient (Wildman–Crippen LogP) is 3.31. The van der Waals surface area contributed by atoms with Crippen LogP contribution in [0.15, 0.2) is 42.5 Å². The summed E-state index contributed by atoms with van der Waals surface area (Å²) < 4.78 is 0.795. The molecule has 1 aromatic heterocycles. The van der Waals surface area contributed by atoms with E-state index in [0.717, 1.165) is 10.3 Å². The summed E-state index contributed by atoms with van der Waals surface area (Å²) in [6, 6.07) is 11.3. The molecular formula is C17H11N3O4S. The van der Waals surface area contributed by atoms with E-state index in [2.05, 4.69) is 10.6 Å². The maximum absolute atomic E-state index is 12.4. The summed E-state index contributed by atoms with van der Waals surface area (Å²) in [5.74, 6) is -0.470. The molecule has 1 aliphatic heterocycles. The Hall–Kier alpha value is -3.26. The smallest absolute Gasteiger partial charge is 0.270 e. The normalized spacial score (nSPS) is 12.7. The van der Waals surface area contributed by atoms with Crippen molar-refractivity contribution in [3.8, 4) is 0 Å². The van der Waals surface area contributed by atoms with Gasteiger partial charge in [-0.2, -0.15) is 0 Å². The van der Waals surface area contributed by atoms with Crippen LogP contribution in [-0.4, -0.2) is 16.7 Å². The van der Waals surface area contributed by atoms with E-state index in [0.29, 0.717) is 28.1 Å². The Morgan fingerprint density at radius 2 is 2.04 bits per heavy atom. The molecular weight excluding hydrogens is 342 g/mol. The molecule has 2 heterocycles. The zero-order chi connectivity index (χ0) is 17.6. The molecule has 7 nitrogen and oxygen atoms in total. The SMILES string of the molecule is O=C(Nc1ccc2c(c1)C(=O)NC2)c1cc2cc([N+](=O)[O-])ccc2s1. The minimum absolute atomic E-state index is 0.0121. The first-order valence-corrected chi connectivity index (χ1v) is 8.23. The molecule has 124 valence electrons. The van der Waals surface area contributed by atoms with Crippen LogP contribution in [0.3, 0.4) is 0 Å². The van der Waals surface area contributed by atoms with Gasteiger partial charge in [-0.05, 0) is 29.8 Å². The lowest BCUT2D eigenvalue weighted by molar-refractivity contribution is -0.384. The predicted molar refractivity (Wildman–Crippen MR) is 94.0 cm³/mol. The van der Waals surface area contributed by atoms with E-state index < -0.39 is 4.92 Å². The molecule has 4 rings (SSSR count). The fourth-order valence-electron chi connectivity index (χ4n) is 2.74. The maximum Gasteiger partial charge on any atom is 0.270 e. The Labute approximate surface area is 145 Å². The highest BCUT2D eigenvalue weighted by atomic mass is 32.1. The fourth-order valence-corrected chi connectivity index (χ4v) is 3.68. The Kier molecular flexibility index (Phi) is 3.47. The van der Waals surface area contributed by atoms with Crippen LogP contribution in [0.1, 0.15) is 25.6 Å². The van der Waals surface area contributed by atoms with Crippen molar-refractivity contribution in [2.45, 2.75) is 6.54 Å². The van der Waals surface area contributed by atoms with Crippen LogP contribution in [-0.2, 0) is 6.54 Å². The van der Waals surface area contributed by atoms with E-state index in [1.807, 2.05) is 0 Å². The van der Waals surface area contributed by atoms with E-state index >= 15 is 0 Å². The van der Waals surface area contributed by atoms with E-state index in [1.54, 1.807) is 30.3 Å². The zero-order valence-electron chi connectivity index (χ0n) is 12.7. The van der Waals surface area contributed by atoms with Crippen LogP contribution < -0.4 is 10.6 Å². The third kappa shape index (κ3) is 2.72. The topological polar surface area (TPSA) is 101 Å². The molecule has 0 fully saturated rings.